The number of halogens is 4. The third-order valence-electron chi connectivity index (χ3n) is 0.656. The largest absolute Gasteiger partial charge is 0.363 e. The Hall–Kier alpha value is 2.31. The average molecular weight is 430 g/mol. The van der Waals surface area contributed by atoms with E-state index < -0.39 is 0 Å². The fraction of sp³-hybridized carbons (Fsp3) is 1.00. The first-order valence-electron chi connectivity index (χ1n) is 2.33. The molecule has 57 valence electrons. The van der Waals surface area contributed by atoms with Crippen LogP contribution in [-0.4, -0.2) is 26.7 Å². The highest BCUT2D eigenvalue weighted by molar-refractivity contribution is 9.26. The van der Waals surface area contributed by atoms with Crippen LogP contribution in [0.15, 0.2) is 0 Å². The van der Waals surface area contributed by atoms with Crippen molar-refractivity contribution in [1.29, 1.82) is 0 Å². The van der Waals surface area contributed by atoms with Crippen LogP contribution >= 0.6 is 63.7 Å². The maximum atomic E-state index is 3.52. The van der Waals surface area contributed by atoms with Gasteiger partial charge in [-0.1, -0.05) is 63.7 Å². The van der Waals surface area contributed by atoms with Gasteiger partial charge in [0.25, 0.3) is 0 Å². The molecule has 1 nitrogen and oxygen atoms in total. The van der Waals surface area contributed by atoms with Crippen molar-refractivity contribution in [2.45, 2.75) is 13.0 Å². The van der Waals surface area contributed by atoms with Crippen LogP contribution in [0.4, 0.5) is 0 Å². The molecule has 0 saturated heterocycles. The summed E-state index contributed by atoms with van der Waals surface area (Å²) in [5.74, 6) is 0. The molecule has 0 aromatic heterocycles. The van der Waals surface area contributed by atoms with E-state index in [0.717, 1.165) is 6.42 Å². The first kappa shape index (κ1) is 12.3. The Labute approximate surface area is 100 Å². The average Bonchev–Trinajstić information content (AvgIpc) is 1.59. The van der Waals surface area contributed by atoms with E-state index in [1.807, 2.05) is 0 Å². The fourth-order valence-electron chi connectivity index (χ4n) is 0.336. The van der Waals surface area contributed by atoms with Crippen molar-refractivity contribution in [3.05, 3.63) is 0 Å². The number of rotatable bonds is 4. The van der Waals surface area contributed by atoms with Gasteiger partial charge in [-0.15, -0.1) is 0 Å². The minimum Gasteiger partial charge on any atom is -0.363 e. The molecule has 10 heavy (non-hydrogen) atoms. The maximum Gasteiger partial charge on any atom is 0.164 e. The molecule has 0 fully saturated rings. The molecule has 0 unspecified atom stereocenters. The molecule has 0 rings (SSSR count). The van der Waals surface area contributed by atoms with Crippen LogP contribution in [0, 0.1) is 0 Å². The van der Waals surface area contributed by atoms with E-state index in [1.165, 1.54) is 0 Å². The third kappa shape index (κ3) is 6.99. The highest BCUT2D eigenvalue weighted by atomic mass is 79.9. The molecule has 0 spiro atoms. The zero-order valence-corrected chi connectivity index (χ0v) is 13.1. The number of nitrogens with one attached hydrogen (secondary N) is 1. The molecule has 0 atom stereocenters. The summed E-state index contributed by atoms with van der Waals surface area (Å²) in [5.41, 5.74) is 0. The number of hydrogen-bond donors (Lipinski definition) is 1. The quantitative estimate of drug-likeness (QED) is 0.534. The van der Waals surface area contributed by atoms with E-state index >= 15 is 0 Å². The molecule has 7 heteroatoms. The summed E-state index contributed by atoms with van der Waals surface area (Å²) in [6, 6.07) is 0. The van der Waals surface area contributed by atoms with E-state index in [0.29, 0.717) is 13.4 Å². The van der Waals surface area contributed by atoms with Gasteiger partial charge in [-0.2, -0.15) is 0 Å². The van der Waals surface area contributed by atoms with Crippen LogP contribution in [0.1, 0.15) is 6.42 Å². The Morgan fingerprint density at radius 3 is 2.30 bits per heavy atom. The molecular formula is C3H4Br4NSi2. The maximum absolute atomic E-state index is 3.52. The molecule has 0 amide bonds. The summed E-state index contributed by atoms with van der Waals surface area (Å²) in [4.78, 5) is 0. The van der Waals surface area contributed by atoms with Gasteiger partial charge in [0.2, 0.25) is 0 Å². The smallest absolute Gasteiger partial charge is 0.164 e. The SMILES string of the molecule is [Si]N[Si]C(Br)(Br)CC(Br)Br. The molecule has 5 radical (unpaired) electrons. The van der Waals surface area contributed by atoms with Crippen molar-refractivity contribution in [3.63, 3.8) is 0 Å². The lowest BCUT2D eigenvalue weighted by Gasteiger charge is -2.18. The molecule has 0 aliphatic rings. The van der Waals surface area contributed by atoms with Gasteiger partial charge in [0.15, 0.2) is 9.68 Å². The Morgan fingerprint density at radius 2 is 2.00 bits per heavy atom. The van der Waals surface area contributed by atoms with Gasteiger partial charge >= 0.3 is 0 Å². The molecule has 0 aliphatic carbocycles. The highest BCUT2D eigenvalue weighted by Gasteiger charge is 2.25. The minimum absolute atomic E-state index is 0.0284. The van der Waals surface area contributed by atoms with E-state index in [2.05, 4.69) is 78.8 Å². The lowest BCUT2D eigenvalue weighted by Crippen LogP contribution is -2.33. The van der Waals surface area contributed by atoms with Crippen molar-refractivity contribution >= 4 is 83.8 Å². The van der Waals surface area contributed by atoms with E-state index in [1.54, 1.807) is 0 Å². The second kappa shape index (κ2) is 5.87. The zero-order chi connectivity index (χ0) is 8.20. The van der Waals surface area contributed by atoms with E-state index in [4.69, 9.17) is 0 Å². The van der Waals surface area contributed by atoms with Crippen LogP contribution in [0.5, 0.6) is 0 Å². The van der Waals surface area contributed by atoms with Crippen LogP contribution in [-0.2, 0) is 0 Å². The normalized spacial score (nSPS) is 12.6. The lowest BCUT2D eigenvalue weighted by molar-refractivity contribution is 1.00. The van der Waals surface area contributed by atoms with Gasteiger partial charge in [-0.05, 0) is 6.42 Å². The van der Waals surface area contributed by atoms with Gasteiger partial charge < -0.3 is 4.65 Å². The van der Waals surface area contributed by atoms with Crippen molar-refractivity contribution in [2.24, 2.45) is 0 Å². The van der Waals surface area contributed by atoms with Gasteiger partial charge in [-0.25, -0.2) is 0 Å². The van der Waals surface area contributed by atoms with E-state index in [9.17, 15) is 0 Å². The first-order valence-corrected chi connectivity index (χ1v) is 7.24. The summed E-state index contributed by atoms with van der Waals surface area (Å²) in [5, 5.41) is 0. The molecule has 0 aliphatic heterocycles. The van der Waals surface area contributed by atoms with Crippen LogP contribution < -0.4 is 4.65 Å². The zero-order valence-electron chi connectivity index (χ0n) is 4.80. The summed E-state index contributed by atoms with van der Waals surface area (Å²) >= 11 is 13.8. The van der Waals surface area contributed by atoms with Crippen molar-refractivity contribution < 1.29 is 0 Å². The molecule has 1 N–H and O–H groups in total. The van der Waals surface area contributed by atoms with Crippen LogP contribution in [0.25, 0.3) is 0 Å². The van der Waals surface area contributed by atoms with Crippen molar-refractivity contribution in [3.8, 4) is 0 Å². The molecule has 0 heterocycles. The monoisotopic (exact) mass is 426 g/mol. The van der Waals surface area contributed by atoms with Crippen molar-refractivity contribution in [1.82, 2.24) is 4.65 Å². The van der Waals surface area contributed by atoms with E-state index in [-0.39, 0.29) is 2.86 Å². The predicted octanol–water partition coefficient (Wildman–Crippen LogP) is 2.23. The summed E-state index contributed by atoms with van der Waals surface area (Å²) in [7, 11) is 3.76. The highest BCUT2D eigenvalue weighted by Crippen LogP contribution is 2.33. The van der Waals surface area contributed by atoms with Gasteiger partial charge in [0, 0.05) is 0 Å². The second-order valence-corrected chi connectivity index (χ2v) is 12.3. The Bertz CT molecular complexity index is 98.5. The first-order chi connectivity index (χ1) is 4.48. The molecular weight excluding hydrogens is 426 g/mol. The summed E-state index contributed by atoms with van der Waals surface area (Å²) in [6.45, 7) is 0. The minimum atomic E-state index is -0.0284. The standard InChI is InChI=1S/C3H4Br4NSi2/c4-2(5)1-3(6,7)10-8-9/h2,8H,1H2. The molecule has 0 saturated carbocycles. The third-order valence-corrected chi connectivity index (χ3v) is 4.21. The fourth-order valence-corrected chi connectivity index (χ4v) is 7.11. The Morgan fingerprint density at radius 1 is 1.50 bits per heavy atom. The topological polar surface area (TPSA) is 12.0 Å². The summed E-state index contributed by atoms with van der Waals surface area (Å²) < 4.78 is 3.21. The van der Waals surface area contributed by atoms with Crippen LogP contribution in [0.2, 0.25) is 0 Å². The number of hydrogen-bond acceptors (Lipinski definition) is 1. The Kier molecular flexibility index (Phi) is 7.23. The lowest BCUT2D eigenvalue weighted by atomic mass is 10.6. The molecule has 0 bridgehead atoms. The van der Waals surface area contributed by atoms with Gasteiger partial charge in [-0.3, -0.25) is 0 Å². The summed E-state index contributed by atoms with van der Waals surface area (Å²) in [6.07, 6.45) is 0.947. The van der Waals surface area contributed by atoms with Gasteiger partial charge in [0.05, 0.1) is 6.59 Å². The molecule has 0 aromatic rings. The van der Waals surface area contributed by atoms with Gasteiger partial charge in [0.1, 0.15) is 10.4 Å². The van der Waals surface area contributed by atoms with Crippen LogP contribution in [0.3, 0.4) is 0 Å². The predicted molar refractivity (Wildman–Crippen MR) is 61.5 cm³/mol. The second-order valence-electron chi connectivity index (χ2n) is 1.55. The number of alkyl halides is 4. The van der Waals surface area contributed by atoms with Crippen molar-refractivity contribution in [2.75, 3.05) is 0 Å². The Balaban J connectivity index is 3.63. The molecule has 0 aromatic carbocycles.